The monoisotopic (exact) mass is 271 g/mol. The molecule has 3 rings (SSSR count). The molecule has 4 heteroatoms. The van der Waals surface area contributed by atoms with Gasteiger partial charge in [-0.15, -0.1) is 0 Å². The standard InChI is InChI=1S/C16H21N3O/c1-11-9-13(6-8-17-11)19-16-15-10-14(20-2)4-3-12(15)5-7-18-16/h3-5,7,10-11,13,17H,6,8-9H2,1-2H3,(H,18,19). The van der Waals surface area contributed by atoms with Gasteiger partial charge in [-0.25, -0.2) is 4.98 Å². The summed E-state index contributed by atoms with van der Waals surface area (Å²) in [5.41, 5.74) is 0. The molecule has 1 saturated heterocycles. The highest BCUT2D eigenvalue weighted by Gasteiger charge is 2.19. The molecule has 0 amide bonds. The Morgan fingerprint density at radius 3 is 3.05 bits per heavy atom. The number of nitrogens with zero attached hydrogens (tertiary/aromatic N) is 1. The highest BCUT2D eigenvalue weighted by Crippen LogP contribution is 2.27. The molecule has 1 aromatic heterocycles. The lowest BCUT2D eigenvalue weighted by Crippen LogP contribution is -2.41. The second kappa shape index (κ2) is 5.67. The second-order valence-corrected chi connectivity index (χ2v) is 5.47. The van der Waals surface area contributed by atoms with E-state index in [-0.39, 0.29) is 0 Å². The highest BCUT2D eigenvalue weighted by molar-refractivity contribution is 5.92. The van der Waals surface area contributed by atoms with E-state index in [4.69, 9.17) is 4.74 Å². The predicted octanol–water partition coefficient (Wildman–Crippen LogP) is 2.80. The molecule has 1 aliphatic heterocycles. The molecule has 1 fully saturated rings. The quantitative estimate of drug-likeness (QED) is 0.901. The lowest BCUT2D eigenvalue weighted by atomic mass is 10.0. The molecule has 1 aromatic carbocycles. The Bertz CT molecular complexity index is 599. The van der Waals surface area contributed by atoms with Crippen LogP contribution in [0, 0.1) is 0 Å². The smallest absolute Gasteiger partial charge is 0.134 e. The van der Waals surface area contributed by atoms with E-state index in [1.165, 1.54) is 5.39 Å². The van der Waals surface area contributed by atoms with Gasteiger partial charge in [0.2, 0.25) is 0 Å². The molecule has 106 valence electrons. The van der Waals surface area contributed by atoms with E-state index in [9.17, 15) is 0 Å². The molecule has 20 heavy (non-hydrogen) atoms. The number of fused-ring (bicyclic) bond motifs is 1. The van der Waals surface area contributed by atoms with Crippen LogP contribution >= 0.6 is 0 Å². The SMILES string of the molecule is COc1ccc2ccnc(NC3CCNC(C)C3)c2c1. The zero-order chi connectivity index (χ0) is 13.9. The first-order valence-electron chi connectivity index (χ1n) is 7.19. The Morgan fingerprint density at radius 1 is 1.35 bits per heavy atom. The maximum Gasteiger partial charge on any atom is 0.134 e. The van der Waals surface area contributed by atoms with Crippen LogP contribution in [0.3, 0.4) is 0 Å². The normalized spacial score (nSPS) is 22.7. The molecule has 0 aliphatic carbocycles. The molecular weight excluding hydrogens is 250 g/mol. The van der Waals surface area contributed by atoms with Crippen molar-refractivity contribution in [1.29, 1.82) is 0 Å². The summed E-state index contributed by atoms with van der Waals surface area (Å²) >= 11 is 0. The number of ether oxygens (including phenoxy) is 1. The third-order valence-corrected chi connectivity index (χ3v) is 3.94. The Labute approximate surface area is 119 Å². The summed E-state index contributed by atoms with van der Waals surface area (Å²) in [6.07, 6.45) is 4.12. The lowest BCUT2D eigenvalue weighted by Gasteiger charge is -2.29. The van der Waals surface area contributed by atoms with E-state index in [0.29, 0.717) is 12.1 Å². The van der Waals surface area contributed by atoms with E-state index in [1.807, 2.05) is 18.3 Å². The maximum absolute atomic E-state index is 5.32. The third kappa shape index (κ3) is 2.70. The van der Waals surface area contributed by atoms with Gasteiger partial charge in [-0.05, 0) is 49.9 Å². The number of nitrogens with one attached hydrogen (secondary N) is 2. The minimum absolute atomic E-state index is 0.482. The Hall–Kier alpha value is -1.81. The van der Waals surface area contributed by atoms with Crippen LogP contribution in [0.25, 0.3) is 10.8 Å². The lowest BCUT2D eigenvalue weighted by molar-refractivity contribution is 0.396. The molecule has 0 radical (unpaired) electrons. The molecule has 2 atom stereocenters. The van der Waals surface area contributed by atoms with Crippen LogP contribution < -0.4 is 15.4 Å². The molecule has 0 saturated carbocycles. The van der Waals surface area contributed by atoms with Crippen molar-refractivity contribution in [3.63, 3.8) is 0 Å². The molecule has 4 nitrogen and oxygen atoms in total. The van der Waals surface area contributed by atoms with Gasteiger partial charge in [0.1, 0.15) is 11.6 Å². The average molecular weight is 271 g/mol. The van der Waals surface area contributed by atoms with Gasteiger partial charge in [-0.2, -0.15) is 0 Å². The van der Waals surface area contributed by atoms with Gasteiger partial charge in [0.15, 0.2) is 0 Å². The zero-order valence-corrected chi connectivity index (χ0v) is 12.0. The number of hydrogen-bond donors (Lipinski definition) is 2. The fourth-order valence-corrected chi connectivity index (χ4v) is 2.85. The van der Waals surface area contributed by atoms with Gasteiger partial charge >= 0.3 is 0 Å². The van der Waals surface area contributed by atoms with Crippen molar-refractivity contribution < 1.29 is 4.74 Å². The first kappa shape index (κ1) is 13.2. The molecule has 2 unspecified atom stereocenters. The van der Waals surface area contributed by atoms with Crippen molar-refractivity contribution in [1.82, 2.24) is 10.3 Å². The van der Waals surface area contributed by atoms with E-state index in [2.05, 4.69) is 34.7 Å². The molecule has 2 heterocycles. The maximum atomic E-state index is 5.32. The van der Waals surface area contributed by atoms with E-state index < -0.39 is 0 Å². The number of rotatable bonds is 3. The summed E-state index contributed by atoms with van der Waals surface area (Å²) in [5.74, 6) is 1.83. The zero-order valence-electron chi connectivity index (χ0n) is 12.0. The summed E-state index contributed by atoms with van der Waals surface area (Å²) in [7, 11) is 1.69. The van der Waals surface area contributed by atoms with E-state index >= 15 is 0 Å². The van der Waals surface area contributed by atoms with Crippen LogP contribution in [-0.2, 0) is 0 Å². The number of pyridine rings is 1. The summed E-state index contributed by atoms with van der Waals surface area (Å²) in [6.45, 7) is 3.29. The van der Waals surface area contributed by atoms with Gasteiger partial charge < -0.3 is 15.4 Å². The van der Waals surface area contributed by atoms with Crippen molar-refractivity contribution in [3.8, 4) is 5.75 Å². The molecular formula is C16H21N3O. The third-order valence-electron chi connectivity index (χ3n) is 3.94. The molecule has 1 aliphatic rings. The van der Waals surface area contributed by atoms with Gasteiger partial charge in [-0.1, -0.05) is 6.07 Å². The van der Waals surface area contributed by atoms with Crippen molar-refractivity contribution in [2.45, 2.75) is 31.8 Å². The van der Waals surface area contributed by atoms with Gasteiger partial charge in [-0.3, -0.25) is 0 Å². The second-order valence-electron chi connectivity index (χ2n) is 5.47. The van der Waals surface area contributed by atoms with E-state index in [1.54, 1.807) is 7.11 Å². The predicted molar refractivity (Wildman–Crippen MR) is 82.4 cm³/mol. The Morgan fingerprint density at radius 2 is 2.25 bits per heavy atom. The van der Waals surface area contributed by atoms with E-state index in [0.717, 1.165) is 36.3 Å². The van der Waals surface area contributed by atoms with Crippen molar-refractivity contribution in [2.24, 2.45) is 0 Å². The number of aromatic nitrogens is 1. The van der Waals surface area contributed by atoms with Crippen LogP contribution in [0.2, 0.25) is 0 Å². The highest BCUT2D eigenvalue weighted by atomic mass is 16.5. The molecule has 0 spiro atoms. The van der Waals surface area contributed by atoms with Gasteiger partial charge in [0.05, 0.1) is 7.11 Å². The van der Waals surface area contributed by atoms with Crippen LogP contribution in [-0.4, -0.2) is 30.7 Å². The fourth-order valence-electron chi connectivity index (χ4n) is 2.85. The number of piperidine rings is 1. The van der Waals surface area contributed by atoms with Crippen molar-refractivity contribution in [2.75, 3.05) is 19.0 Å². The minimum atomic E-state index is 0.482. The van der Waals surface area contributed by atoms with Crippen LogP contribution in [0.15, 0.2) is 30.5 Å². The first-order chi connectivity index (χ1) is 9.76. The Kier molecular flexibility index (Phi) is 3.74. The minimum Gasteiger partial charge on any atom is -0.497 e. The summed E-state index contributed by atoms with van der Waals surface area (Å²) in [4.78, 5) is 4.51. The average Bonchev–Trinajstić information content (AvgIpc) is 2.47. The largest absolute Gasteiger partial charge is 0.497 e. The van der Waals surface area contributed by atoms with Crippen LogP contribution in [0.4, 0.5) is 5.82 Å². The molecule has 2 aromatic rings. The number of anilines is 1. The van der Waals surface area contributed by atoms with Crippen molar-refractivity contribution in [3.05, 3.63) is 30.5 Å². The Balaban J connectivity index is 1.90. The summed E-state index contributed by atoms with van der Waals surface area (Å²) in [5, 5.41) is 9.38. The van der Waals surface area contributed by atoms with Crippen LogP contribution in [0.1, 0.15) is 19.8 Å². The molecule has 0 bridgehead atoms. The number of methoxy groups -OCH3 is 1. The number of benzene rings is 1. The fraction of sp³-hybridized carbons (Fsp3) is 0.438. The summed E-state index contributed by atoms with van der Waals surface area (Å²) in [6, 6.07) is 9.19. The van der Waals surface area contributed by atoms with Gasteiger partial charge in [0, 0.05) is 23.7 Å². The topological polar surface area (TPSA) is 46.2 Å². The van der Waals surface area contributed by atoms with Crippen molar-refractivity contribution >= 4 is 16.6 Å². The molecule has 2 N–H and O–H groups in total. The summed E-state index contributed by atoms with van der Waals surface area (Å²) < 4.78 is 5.32. The van der Waals surface area contributed by atoms with Crippen LogP contribution in [0.5, 0.6) is 5.75 Å². The number of hydrogen-bond acceptors (Lipinski definition) is 4. The van der Waals surface area contributed by atoms with Gasteiger partial charge in [0.25, 0.3) is 0 Å². The first-order valence-corrected chi connectivity index (χ1v) is 7.19.